The van der Waals surface area contributed by atoms with Gasteiger partial charge in [-0.1, -0.05) is 6.92 Å². The fraction of sp³-hybridized carbons (Fsp3) is 0.533. The van der Waals surface area contributed by atoms with Crippen molar-refractivity contribution in [1.29, 1.82) is 0 Å². The number of carbonyl (C=O) groups is 1. The molecule has 0 amide bonds. The predicted molar refractivity (Wildman–Crippen MR) is 77.6 cm³/mol. The van der Waals surface area contributed by atoms with E-state index in [1.165, 1.54) is 20.0 Å². The van der Waals surface area contributed by atoms with E-state index in [1.54, 1.807) is 0 Å². The van der Waals surface area contributed by atoms with Crippen molar-refractivity contribution >= 4 is 17.3 Å². The fourth-order valence-electron chi connectivity index (χ4n) is 2.82. The molecule has 2 N–H and O–H groups in total. The van der Waals surface area contributed by atoms with Crippen LogP contribution in [0.5, 0.6) is 0 Å². The highest BCUT2D eigenvalue weighted by molar-refractivity contribution is 5.97. The number of nitrogen functional groups attached to an aromatic ring is 1. The summed E-state index contributed by atoms with van der Waals surface area (Å²) in [4.78, 5) is 14.2. The molecule has 0 radical (unpaired) electrons. The first-order valence-corrected chi connectivity index (χ1v) is 6.83. The maximum atomic E-state index is 11.8. The molecule has 1 aromatic rings. The molecule has 1 aromatic carbocycles. The summed E-state index contributed by atoms with van der Waals surface area (Å²) in [7, 11) is 1.38. The molecule has 1 fully saturated rings. The van der Waals surface area contributed by atoms with E-state index in [2.05, 4.69) is 17.9 Å². The predicted octanol–water partition coefficient (Wildman–Crippen LogP) is 2.74. The number of benzene rings is 1. The Bertz CT molecular complexity index is 485. The van der Waals surface area contributed by atoms with Gasteiger partial charge in [0.2, 0.25) is 0 Å². The molecule has 4 heteroatoms. The van der Waals surface area contributed by atoms with Crippen LogP contribution in [0.1, 0.15) is 42.1 Å². The van der Waals surface area contributed by atoms with Gasteiger partial charge in [0, 0.05) is 24.0 Å². The Morgan fingerprint density at radius 3 is 2.89 bits per heavy atom. The van der Waals surface area contributed by atoms with Crippen LogP contribution in [0.3, 0.4) is 0 Å². The average molecular weight is 262 g/mol. The summed E-state index contributed by atoms with van der Waals surface area (Å²) in [5.41, 5.74) is 8.97. The number of nitrogens with zero attached hydrogens (tertiary/aromatic N) is 1. The summed E-state index contributed by atoms with van der Waals surface area (Å²) in [5.74, 6) is -0.366. The monoisotopic (exact) mass is 262 g/mol. The molecule has 0 saturated carbocycles. The minimum absolute atomic E-state index is 0.366. The molecule has 1 saturated heterocycles. The molecular weight excluding hydrogens is 240 g/mol. The summed E-state index contributed by atoms with van der Waals surface area (Å²) >= 11 is 0. The molecule has 0 aromatic heterocycles. The third-order valence-electron chi connectivity index (χ3n) is 3.96. The Kier molecular flexibility index (Phi) is 3.98. The first-order chi connectivity index (χ1) is 9.08. The first-order valence-electron chi connectivity index (χ1n) is 6.83. The van der Waals surface area contributed by atoms with E-state index < -0.39 is 0 Å². The molecule has 1 aliphatic heterocycles. The number of methoxy groups -OCH3 is 1. The van der Waals surface area contributed by atoms with Gasteiger partial charge in [0.05, 0.1) is 12.7 Å². The Balaban J connectivity index is 2.41. The lowest BCUT2D eigenvalue weighted by molar-refractivity contribution is 0.0602. The number of rotatable bonds is 3. The molecule has 2 rings (SSSR count). The Morgan fingerprint density at radius 2 is 2.26 bits per heavy atom. The van der Waals surface area contributed by atoms with Crippen LogP contribution in [0.2, 0.25) is 0 Å². The number of hydrogen-bond acceptors (Lipinski definition) is 4. The zero-order chi connectivity index (χ0) is 14.0. The lowest BCUT2D eigenvalue weighted by atomic mass is 10.1. The highest BCUT2D eigenvalue weighted by Crippen LogP contribution is 2.31. The molecule has 1 aliphatic rings. The molecule has 1 heterocycles. The van der Waals surface area contributed by atoms with Crippen LogP contribution in [0, 0.1) is 6.92 Å². The van der Waals surface area contributed by atoms with Gasteiger partial charge in [0.25, 0.3) is 0 Å². The van der Waals surface area contributed by atoms with Crippen molar-refractivity contribution in [3.63, 3.8) is 0 Å². The molecule has 104 valence electrons. The van der Waals surface area contributed by atoms with E-state index in [4.69, 9.17) is 10.5 Å². The largest absolute Gasteiger partial charge is 0.465 e. The van der Waals surface area contributed by atoms with E-state index in [0.717, 1.165) is 24.2 Å². The molecule has 1 atom stereocenters. The van der Waals surface area contributed by atoms with Crippen molar-refractivity contribution in [3.8, 4) is 0 Å². The third-order valence-corrected chi connectivity index (χ3v) is 3.96. The quantitative estimate of drug-likeness (QED) is 0.672. The standard InChI is InChI=1S/C15H22N2O2/c1-4-11-6-5-7-17(11)12-8-10(2)14(16)13(9-12)15(18)19-3/h8-9,11H,4-7,16H2,1-3H3. The lowest BCUT2D eigenvalue weighted by Gasteiger charge is -2.27. The molecule has 0 spiro atoms. The Hall–Kier alpha value is -1.71. The van der Waals surface area contributed by atoms with Gasteiger partial charge in [-0.15, -0.1) is 0 Å². The first kappa shape index (κ1) is 13.7. The van der Waals surface area contributed by atoms with Gasteiger partial charge in [-0.25, -0.2) is 4.79 Å². The smallest absolute Gasteiger partial charge is 0.340 e. The second-order valence-electron chi connectivity index (χ2n) is 5.11. The zero-order valence-corrected chi connectivity index (χ0v) is 11.9. The topological polar surface area (TPSA) is 55.6 Å². The van der Waals surface area contributed by atoms with Gasteiger partial charge in [0.1, 0.15) is 0 Å². The van der Waals surface area contributed by atoms with Gasteiger partial charge < -0.3 is 15.4 Å². The van der Waals surface area contributed by atoms with Gasteiger partial charge in [-0.05, 0) is 43.9 Å². The van der Waals surface area contributed by atoms with Crippen molar-refractivity contribution in [2.75, 3.05) is 24.3 Å². The van der Waals surface area contributed by atoms with Gasteiger partial charge in [-0.2, -0.15) is 0 Å². The number of esters is 1. The SMILES string of the molecule is CCC1CCCN1c1cc(C)c(N)c(C(=O)OC)c1. The van der Waals surface area contributed by atoms with Crippen molar-refractivity contribution in [2.45, 2.75) is 39.2 Å². The Labute approximate surface area is 114 Å². The van der Waals surface area contributed by atoms with Crippen LogP contribution >= 0.6 is 0 Å². The number of nitrogens with two attached hydrogens (primary N) is 1. The number of aryl methyl sites for hydroxylation is 1. The maximum absolute atomic E-state index is 11.8. The summed E-state index contributed by atoms with van der Waals surface area (Å²) in [6.45, 7) is 5.18. The number of carbonyl (C=O) groups excluding carboxylic acids is 1. The third kappa shape index (κ3) is 2.53. The molecule has 0 bridgehead atoms. The number of ether oxygens (including phenoxy) is 1. The van der Waals surface area contributed by atoms with Crippen LogP contribution in [-0.4, -0.2) is 25.7 Å². The van der Waals surface area contributed by atoms with Crippen LogP contribution in [0.15, 0.2) is 12.1 Å². The maximum Gasteiger partial charge on any atom is 0.340 e. The highest BCUT2D eigenvalue weighted by atomic mass is 16.5. The lowest BCUT2D eigenvalue weighted by Crippen LogP contribution is -2.28. The van der Waals surface area contributed by atoms with E-state index in [0.29, 0.717) is 17.3 Å². The minimum atomic E-state index is -0.366. The van der Waals surface area contributed by atoms with E-state index in [9.17, 15) is 4.79 Å². The van der Waals surface area contributed by atoms with Gasteiger partial charge in [-0.3, -0.25) is 0 Å². The Morgan fingerprint density at radius 1 is 1.53 bits per heavy atom. The molecule has 1 unspecified atom stereocenters. The van der Waals surface area contributed by atoms with Gasteiger partial charge >= 0.3 is 5.97 Å². The highest BCUT2D eigenvalue weighted by Gasteiger charge is 2.25. The molecular formula is C15H22N2O2. The van der Waals surface area contributed by atoms with Crippen molar-refractivity contribution in [1.82, 2.24) is 0 Å². The summed E-state index contributed by atoms with van der Waals surface area (Å²) < 4.78 is 4.81. The van der Waals surface area contributed by atoms with Crippen LogP contribution < -0.4 is 10.6 Å². The fourth-order valence-corrected chi connectivity index (χ4v) is 2.82. The van der Waals surface area contributed by atoms with Gasteiger partial charge in [0.15, 0.2) is 0 Å². The number of hydrogen-bond donors (Lipinski definition) is 1. The van der Waals surface area contributed by atoms with Crippen molar-refractivity contribution in [2.24, 2.45) is 0 Å². The second-order valence-corrected chi connectivity index (χ2v) is 5.11. The summed E-state index contributed by atoms with van der Waals surface area (Å²) in [6.07, 6.45) is 3.54. The average Bonchev–Trinajstić information content (AvgIpc) is 2.89. The minimum Gasteiger partial charge on any atom is -0.465 e. The van der Waals surface area contributed by atoms with Crippen LogP contribution in [0.25, 0.3) is 0 Å². The van der Waals surface area contributed by atoms with Crippen molar-refractivity contribution < 1.29 is 9.53 Å². The summed E-state index contributed by atoms with van der Waals surface area (Å²) in [5, 5.41) is 0. The molecule has 0 aliphatic carbocycles. The number of anilines is 2. The van der Waals surface area contributed by atoms with Crippen LogP contribution in [-0.2, 0) is 4.74 Å². The normalized spacial score (nSPS) is 18.7. The second kappa shape index (κ2) is 5.51. The van der Waals surface area contributed by atoms with E-state index in [1.807, 2.05) is 13.0 Å². The zero-order valence-electron chi connectivity index (χ0n) is 11.9. The van der Waals surface area contributed by atoms with Crippen LogP contribution in [0.4, 0.5) is 11.4 Å². The van der Waals surface area contributed by atoms with E-state index >= 15 is 0 Å². The molecule has 4 nitrogen and oxygen atoms in total. The molecule has 19 heavy (non-hydrogen) atoms. The van der Waals surface area contributed by atoms with E-state index in [-0.39, 0.29) is 5.97 Å². The summed E-state index contributed by atoms with van der Waals surface area (Å²) in [6, 6.07) is 4.49. The van der Waals surface area contributed by atoms with Crippen molar-refractivity contribution in [3.05, 3.63) is 23.3 Å².